The van der Waals surface area contributed by atoms with Crippen LogP contribution < -0.4 is 10.5 Å². The predicted octanol–water partition coefficient (Wildman–Crippen LogP) is 0.988. The Bertz CT molecular complexity index is 692. The molecular weight excluding hydrogens is 264 g/mol. The lowest BCUT2D eigenvalue weighted by Gasteiger charge is -2.12. The Morgan fingerprint density at radius 2 is 2.16 bits per heavy atom. The van der Waals surface area contributed by atoms with Gasteiger partial charge in [0.2, 0.25) is 10.0 Å². The zero-order valence-corrected chi connectivity index (χ0v) is 11.6. The number of aryl methyl sites for hydroxylation is 1. The average molecular weight is 280 g/mol. The third kappa shape index (κ3) is 2.94. The normalized spacial score (nSPS) is 11.5. The zero-order valence-electron chi connectivity index (χ0n) is 10.8. The van der Waals surface area contributed by atoms with Crippen LogP contribution in [0, 0.1) is 6.92 Å². The molecule has 1 heterocycles. The van der Waals surface area contributed by atoms with Crippen molar-refractivity contribution in [3.63, 3.8) is 0 Å². The standard InChI is InChI=1S/C12H16N4O2S/c1-9-11(4-3-5-12(9)19(13,17)18)15-7-10-6-14-8-16(10)2/h3-6,8,15H,7H2,1-2H3,(H2,13,17,18). The van der Waals surface area contributed by atoms with E-state index in [0.29, 0.717) is 12.1 Å². The molecule has 0 aliphatic carbocycles. The van der Waals surface area contributed by atoms with E-state index in [2.05, 4.69) is 10.3 Å². The Balaban J connectivity index is 2.25. The van der Waals surface area contributed by atoms with Gasteiger partial charge in [-0.3, -0.25) is 0 Å². The molecule has 2 aromatic rings. The van der Waals surface area contributed by atoms with Crippen molar-refractivity contribution >= 4 is 15.7 Å². The molecule has 0 aliphatic rings. The maximum absolute atomic E-state index is 11.4. The van der Waals surface area contributed by atoms with Crippen LogP contribution in [0.2, 0.25) is 0 Å². The molecule has 0 fully saturated rings. The molecule has 2 rings (SSSR count). The average Bonchev–Trinajstić information content (AvgIpc) is 2.72. The van der Waals surface area contributed by atoms with Crippen molar-refractivity contribution in [3.8, 4) is 0 Å². The monoisotopic (exact) mass is 280 g/mol. The Kier molecular flexibility index (Phi) is 3.59. The fourth-order valence-electron chi connectivity index (χ4n) is 1.85. The minimum absolute atomic E-state index is 0.141. The van der Waals surface area contributed by atoms with E-state index in [1.807, 2.05) is 17.7 Å². The molecule has 0 amide bonds. The maximum atomic E-state index is 11.4. The second-order valence-electron chi connectivity index (χ2n) is 4.32. The van der Waals surface area contributed by atoms with Gasteiger partial charge in [-0.2, -0.15) is 0 Å². The van der Waals surface area contributed by atoms with E-state index in [1.165, 1.54) is 6.07 Å². The van der Waals surface area contributed by atoms with Crippen molar-refractivity contribution in [2.45, 2.75) is 18.4 Å². The molecule has 1 aromatic carbocycles. The maximum Gasteiger partial charge on any atom is 0.238 e. The molecule has 1 aromatic heterocycles. The third-order valence-corrected chi connectivity index (χ3v) is 4.02. The molecule has 0 aliphatic heterocycles. The van der Waals surface area contributed by atoms with Crippen LogP contribution >= 0.6 is 0 Å². The van der Waals surface area contributed by atoms with Gasteiger partial charge in [0.15, 0.2) is 0 Å². The number of anilines is 1. The van der Waals surface area contributed by atoms with Crippen LogP contribution in [0.4, 0.5) is 5.69 Å². The lowest BCUT2D eigenvalue weighted by atomic mass is 10.2. The van der Waals surface area contributed by atoms with Gasteiger partial charge in [0.05, 0.1) is 23.5 Å². The fourth-order valence-corrected chi connectivity index (χ4v) is 2.66. The lowest BCUT2D eigenvalue weighted by Crippen LogP contribution is -2.15. The fraction of sp³-hybridized carbons (Fsp3) is 0.250. The number of hydrogen-bond acceptors (Lipinski definition) is 4. The van der Waals surface area contributed by atoms with E-state index in [0.717, 1.165) is 11.4 Å². The van der Waals surface area contributed by atoms with Crippen LogP contribution in [0.15, 0.2) is 35.6 Å². The summed E-state index contributed by atoms with van der Waals surface area (Å²) in [6.07, 6.45) is 3.47. The minimum Gasteiger partial charge on any atom is -0.379 e. The first-order valence-electron chi connectivity index (χ1n) is 5.71. The highest BCUT2D eigenvalue weighted by molar-refractivity contribution is 7.89. The number of aromatic nitrogens is 2. The van der Waals surface area contributed by atoms with E-state index in [4.69, 9.17) is 5.14 Å². The van der Waals surface area contributed by atoms with Crippen LogP contribution in [-0.4, -0.2) is 18.0 Å². The summed E-state index contributed by atoms with van der Waals surface area (Å²) in [4.78, 5) is 4.16. The van der Waals surface area contributed by atoms with Crippen LogP contribution in [0.5, 0.6) is 0 Å². The number of imidazole rings is 1. The van der Waals surface area contributed by atoms with E-state index < -0.39 is 10.0 Å². The number of sulfonamides is 1. The second kappa shape index (κ2) is 5.02. The largest absolute Gasteiger partial charge is 0.379 e. The molecule has 3 N–H and O–H groups in total. The molecule has 7 heteroatoms. The Hall–Kier alpha value is -1.86. The highest BCUT2D eigenvalue weighted by Crippen LogP contribution is 2.22. The van der Waals surface area contributed by atoms with Crippen LogP contribution in [0.3, 0.4) is 0 Å². The van der Waals surface area contributed by atoms with Crippen molar-refractivity contribution in [1.82, 2.24) is 9.55 Å². The first-order chi connectivity index (χ1) is 8.89. The van der Waals surface area contributed by atoms with Crippen molar-refractivity contribution < 1.29 is 8.42 Å². The smallest absolute Gasteiger partial charge is 0.238 e. The molecular formula is C12H16N4O2S. The molecule has 0 atom stereocenters. The minimum atomic E-state index is -3.69. The highest BCUT2D eigenvalue weighted by atomic mass is 32.2. The molecule has 0 bridgehead atoms. The zero-order chi connectivity index (χ0) is 14.0. The quantitative estimate of drug-likeness (QED) is 0.873. The van der Waals surface area contributed by atoms with Crippen LogP contribution in [0.1, 0.15) is 11.3 Å². The second-order valence-corrected chi connectivity index (χ2v) is 5.85. The third-order valence-electron chi connectivity index (χ3n) is 2.97. The molecule has 102 valence electrons. The molecule has 0 radical (unpaired) electrons. The van der Waals surface area contributed by atoms with E-state index in [1.54, 1.807) is 25.5 Å². The number of nitrogens with one attached hydrogen (secondary N) is 1. The van der Waals surface area contributed by atoms with Crippen LogP contribution in [-0.2, 0) is 23.6 Å². The Labute approximate surface area is 112 Å². The topological polar surface area (TPSA) is 90.0 Å². The molecule has 0 unspecified atom stereocenters. The summed E-state index contributed by atoms with van der Waals surface area (Å²) in [5, 5.41) is 8.36. The molecule has 0 saturated carbocycles. The number of rotatable bonds is 4. The summed E-state index contributed by atoms with van der Waals surface area (Å²) in [5.74, 6) is 0. The number of hydrogen-bond donors (Lipinski definition) is 2. The van der Waals surface area contributed by atoms with Crippen molar-refractivity contribution in [2.24, 2.45) is 12.2 Å². The summed E-state index contributed by atoms with van der Waals surface area (Å²) >= 11 is 0. The van der Waals surface area contributed by atoms with Crippen molar-refractivity contribution in [3.05, 3.63) is 42.0 Å². The first kappa shape index (κ1) is 13.6. The number of benzene rings is 1. The van der Waals surface area contributed by atoms with Gasteiger partial charge in [-0.15, -0.1) is 0 Å². The first-order valence-corrected chi connectivity index (χ1v) is 7.25. The Morgan fingerprint density at radius 3 is 2.74 bits per heavy atom. The van der Waals surface area contributed by atoms with Crippen molar-refractivity contribution in [1.29, 1.82) is 0 Å². The summed E-state index contributed by atoms with van der Waals surface area (Å²) < 4.78 is 24.8. The van der Waals surface area contributed by atoms with Gasteiger partial charge in [-0.25, -0.2) is 18.5 Å². The van der Waals surface area contributed by atoms with Gasteiger partial charge in [0.25, 0.3) is 0 Å². The van der Waals surface area contributed by atoms with E-state index >= 15 is 0 Å². The number of nitrogens with zero attached hydrogens (tertiary/aromatic N) is 2. The van der Waals surface area contributed by atoms with Crippen LogP contribution in [0.25, 0.3) is 0 Å². The van der Waals surface area contributed by atoms with Gasteiger partial charge in [0, 0.05) is 18.9 Å². The van der Waals surface area contributed by atoms with Gasteiger partial charge < -0.3 is 9.88 Å². The predicted molar refractivity (Wildman–Crippen MR) is 73.1 cm³/mol. The molecule has 19 heavy (non-hydrogen) atoms. The van der Waals surface area contributed by atoms with E-state index in [-0.39, 0.29) is 4.90 Å². The molecule has 0 saturated heterocycles. The van der Waals surface area contributed by atoms with Gasteiger partial charge in [0.1, 0.15) is 0 Å². The number of nitrogens with two attached hydrogens (primary N) is 1. The molecule has 6 nitrogen and oxygen atoms in total. The molecule has 0 spiro atoms. The van der Waals surface area contributed by atoms with E-state index in [9.17, 15) is 8.42 Å². The summed E-state index contributed by atoms with van der Waals surface area (Å²) in [6, 6.07) is 4.98. The van der Waals surface area contributed by atoms with Crippen molar-refractivity contribution in [2.75, 3.05) is 5.32 Å². The van der Waals surface area contributed by atoms with Gasteiger partial charge >= 0.3 is 0 Å². The van der Waals surface area contributed by atoms with Gasteiger partial charge in [-0.05, 0) is 24.6 Å². The highest BCUT2D eigenvalue weighted by Gasteiger charge is 2.13. The summed E-state index contributed by atoms with van der Waals surface area (Å²) in [7, 11) is -1.79. The lowest BCUT2D eigenvalue weighted by molar-refractivity contribution is 0.597. The van der Waals surface area contributed by atoms with Gasteiger partial charge in [-0.1, -0.05) is 6.07 Å². The summed E-state index contributed by atoms with van der Waals surface area (Å²) in [5.41, 5.74) is 2.36. The SMILES string of the molecule is Cc1c(NCc2cncn2C)cccc1S(N)(=O)=O. The summed E-state index contributed by atoms with van der Waals surface area (Å²) in [6.45, 7) is 2.29. The Morgan fingerprint density at radius 1 is 1.42 bits per heavy atom. The number of primary sulfonamides is 1.